The molecule has 5 heteroatoms. The van der Waals surface area contributed by atoms with Gasteiger partial charge in [-0.25, -0.2) is 0 Å². The quantitative estimate of drug-likeness (QED) is 0.548. The molecular formula is C12H13ClN2ORe-2. The fraction of sp³-hybridized carbons (Fsp3) is 0.0833. The predicted octanol–water partition coefficient (Wildman–Crippen LogP) is 3.10. The monoisotopic (exact) mass is 423 g/mol. The van der Waals surface area contributed by atoms with Crippen LogP contribution < -0.4 is 10.7 Å². The fourth-order valence-corrected chi connectivity index (χ4v) is 1.61. The third kappa shape index (κ3) is 3.04. The largest absolute Gasteiger partial charge is 0.663 e. The Labute approximate surface area is 119 Å². The maximum atomic E-state index is 9.75. The van der Waals surface area contributed by atoms with E-state index in [1.54, 1.807) is 31.3 Å². The molecular weight excluding hydrogens is 410 g/mol. The summed E-state index contributed by atoms with van der Waals surface area (Å²) < 4.78 is 0. The molecule has 0 bridgehead atoms. The first-order valence-corrected chi connectivity index (χ1v) is 4.84. The second kappa shape index (κ2) is 6.11. The summed E-state index contributed by atoms with van der Waals surface area (Å²) in [7, 11) is 0. The molecule has 2 aromatic rings. The van der Waals surface area contributed by atoms with Crippen molar-refractivity contribution in [2.75, 3.05) is 0 Å². The van der Waals surface area contributed by atoms with Crippen molar-refractivity contribution in [2.45, 2.75) is 6.92 Å². The van der Waals surface area contributed by atoms with Crippen LogP contribution in [-0.4, -0.2) is 5.11 Å². The van der Waals surface area contributed by atoms with E-state index in [1.165, 1.54) is 0 Å². The number of hydrogen-bond acceptors (Lipinski definition) is 2. The van der Waals surface area contributed by atoms with Gasteiger partial charge in [-0.3, -0.25) is 0 Å². The van der Waals surface area contributed by atoms with Crippen molar-refractivity contribution in [2.24, 2.45) is 5.73 Å². The molecule has 0 aliphatic rings. The molecule has 0 saturated heterocycles. The molecule has 1 aromatic carbocycles. The summed E-state index contributed by atoms with van der Waals surface area (Å²) in [5, 5.41) is 11.2. The number of aliphatic hydroxyl groups excluding tert-OH is 1. The van der Waals surface area contributed by atoms with Crippen molar-refractivity contribution in [1.29, 1.82) is 0 Å². The minimum absolute atomic E-state index is 0. The number of rotatable bonds is 1. The first-order valence-electron chi connectivity index (χ1n) is 4.46. The molecule has 0 aliphatic carbocycles. The van der Waals surface area contributed by atoms with Crippen molar-refractivity contribution in [3.05, 3.63) is 48.1 Å². The van der Waals surface area contributed by atoms with Crippen LogP contribution in [0.2, 0.25) is 5.02 Å². The Hall–Kier alpha value is -0.948. The summed E-state index contributed by atoms with van der Waals surface area (Å²) in [5.74, 6) is 0.0553. The molecule has 1 radical (unpaired) electrons. The molecule has 0 atom stereocenters. The number of fused-ring (bicyclic) bond motifs is 1. The molecule has 93 valence electrons. The number of aliphatic hydroxyl groups is 1. The molecule has 0 aliphatic heterocycles. The van der Waals surface area contributed by atoms with Gasteiger partial charge in [-0.1, -0.05) is 17.7 Å². The van der Waals surface area contributed by atoms with Gasteiger partial charge in [0.15, 0.2) is 0 Å². The Bertz CT molecular complexity index is 544. The van der Waals surface area contributed by atoms with Crippen molar-refractivity contribution >= 4 is 28.3 Å². The van der Waals surface area contributed by atoms with Gasteiger partial charge in [-0.2, -0.15) is 6.20 Å². The maximum Gasteiger partial charge on any atom is 0.139 e. The van der Waals surface area contributed by atoms with Crippen LogP contribution in [0.25, 0.3) is 16.7 Å². The topological polar surface area (TPSA) is 60.4 Å². The molecule has 3 N–H and O–H groups in total. The van der Waals surface area contributed by atoms with Gasteiger partial charge in [-0.05, 0) is 24.4 Å². The minimum atomic E-state index is 0. The van der Waals surface area contributed by atoms with Crippen molar-refractivity contribution in [3.63, 3.8) is 0 Å². The average Bonchev–Trinajstić information content (AvgIpc) is 2.59. The number of halogens is 1. The van der Waals surface area contributed by atoms with Gasteiger partial charge >= 0.3 is 0 Å². The fourth-order valence-electron chi connectivity index (χ4n) is 1.44. The van der Waals surface area contributed by atoms with Gasteiger partial charge in [-0.15, -0.1) is 5.52 Å². The second-order valence-corrected chi connectivity index (χ2v) is 3.80. The van der Waals surface area contributed by atoms with Crippen LogP contribution in [0.15, 0.2) is 30.1 Å². The second-order valence-electron chi connectivity index (χ2n) is 3.36. The van der Waals surface area contributed by atoms with E-state index >= 15 is 0 Å². The molecule has 1 heterocycles. The van der Waals surface area contributed by atoms with Gasteiger partial charge in [0.25, 0.3) is 0 Å². The van der Waals surface area contributed by atoms with Crippen LogP contribution in [0.5, 0.6) is 0 Å². The molecule has 2 rings (SSSR count). The molecule has 0 amide bonds. The SMILES string of the molecule is C/C(N)=C(/O)c1c[n-]c2ccc(Cl)cc12.[CH3-].[Re]. The predicted molar refractivity (Wildman–Crippen MR) is 68.1 cm³/mol. The van der Waals surface area contributed by atoms with Gasteiger partial charge in [0.2, 0.25) is 0 Å². The molecule has 0 fully saturated rings. The summed E-state index contributed by atoms with van der Waals surface area (Å²) in [6.45, 7) is 1.64. The molecule has 17 heavy (non-hydrogen) atoms. The van der Waals surface area contributed by atoms with Crippen LogP contribution in [0.3, 0.4) is 0 Å². The number of benzene rings is 1. The van der Waals surface area contributed by atoms with Gasteiger partial charge < -0.3 is 23.3 Å². The third-order valence-electron chi connectivity index (χ3n) is 2.21. The zero-order chi connectivity index (χ0) is 11.0. The van der Waals surface area contributed by atoms with Crippen LogP contribution in [0, 0.1) is 7.43 Å². The zero-order valence-corrected chi connectivity index (χ0v) is 13.0. The van der Waals surface area contributed by atoms with Gasteiger partial charge in [0.1, 0.15) is 5.76 Å². The summed E-state index contributed by atoms with van der Waals surface area (Å²) >= 11 is 5.88. The van der Waals surface area contributed by atoms with E-state index in [2.05, 4.69) is 4.98 Å². The van der Waals surface area contributed by atoms with Crippen molar-refractivity contribution in [3.8, 4) is 0 Å². The van der Waals surface area contributed by atoms with Crippen molar-refractivity contribution in [1.82, 2.24) is 4.98 Å². The first-order chi connectivity index (χ1) is 7.09. The number of nitrogens with zero attached hydrogens (tertiary/aromatic N) is 1. The Morgan fingerprint density at radius 1 is 1.41 bits per heavy atom. The van der Waals surface area contributed by atoms with E-state index in [1.807, 2.05) is 0 Å². The third-order valence-corrected chi connectivity index (χ3v) is 2.45. The van der Waals surface area contributed by atoms with Gasteiger partial charge in [0.05, 0.1) is 0 Å². The van der Waals surface area contributed by atoms with E-state index in [0.29, 0.717) is 16.3 Å². The van der Waals surface area contributed by atoms with E-state index in [-0.39, 0.29) is 33.6 Å². The van der Waals surface area contributed by atoms with E-state index in [9.17, 15) is 5.11 Å². The molecule has 3 nitrogen and oxygen atoms in total. The van der Waals surface area contributed by atoms with E-state index in [0.717, 1.165) is 10.9 Å². The number of nitrogens with two attached hydrogens (primary N) is 1. The van der Waals surface area contributed by atoms with Crippen LogP contribution >= 0.6 is 11.6 Å². The average molecular weight is 423 g/mol. The Balaban J connectivity index is 0.00000128. The van der Waals surface area contributed by atoms with E-state index in [4.69, 9.17) is 17.3 Å². The molecule has 0 saturated carbocycles. The molecule has 0 unspecified atom stereocenters. The number of hydrogen-bond donors (Lipinski definition) is 2. The normalized spacial score (nSPS) is 11.4. The smallest absolute Gasteiger partial charge is 0.139 e. The Morgan fingerprint density at radius 2 is 2.06 bits per heavy atom. The summed E-state index contributed by atoms with van der Waals surface area (Å²) in [4.78, 5) is 4.15. The molecule has 1 aromatic heterocycles. The zero-order valence-electron chi connectivity index (χ0n) is 9.54. The first kappa shape index (κ1) is 16.1. The van der Waals surface area contributed by atoms with Crippen LogP contribution in [0.1, 0.15) is 12.5 Å². The standard InChI is InChI=1S/C11H10ClN2O.CH3.Re/c1-6(13)11(15)9-5-14-10-3-2-7(12)4-8(9)10;;/h2-5,15H,13H2,1H3;1H3;/q2*-1;/b11-6-;;. The summed E-state index contributed by atoms with van der Waals surface area (Å²) in [6.07, 6.45) is 1.59. The van der Waals surface area contributed by atoms with Crippen molar-refractivity contribution < 1.29 is 25.5 Å². The summed E-state index contributed by atoms with van der Waals surface area (Å²) in [6, 6.07) is 5.33. The van der Waals surface area contributed by atoms with Crippen LogP contribution in [0.4, 0.5) is 0 Å². The van der Waals surface area contributed by atoms with Gasteiger partial charge in [0, 0.05) is 36.7 Å². The van der Waals surface area contributed by atoms with E-state index < -0.39 is 0 Å². The number of aromatic nitrogens is 1. The Morgan fingerprint density at radius 3 is 2.65 bits per heavy atom. The number of allylic oxidation sites excluding steroid dienone is 1. The Kier molecular flexibility index (Phi) is 5.77. The molecule has 0 spiro atoms. The van der Waals surface area contributed by atoms with Crippen LogP contribution in [-0.2, 0) is 20.4 Å². The minimum Gasteiger partial charge on any atom is -0.663 e. The maximum absolute atomic E-state index is 9.75. The summed E-state index contributed by atoms with van der Waals surface area (Å²) in [5.41, 5.74) is 7.30.